The van der Waals surface area contributed by atoms with E-state index in [1.807, 2.05) is 0 Å². The maximum Gasteiger partial charge on any atom is 0.00660 e. The fourth-order valence-corrected chi connectivity index (χ4v) is 1.39. The number of rotatable bonds is 4. The molecule has 0 N–H and O–H groups in total. The van der Waals surface area contributed by atoms with E-state index in [1.54, 1.807) is 5.57 Å². The van der Waals surface area contributed by atoms with Crippen molar-refractivity contribution in [3.8, 4) is 0 Å². The van der Waals surface area contributed by atoms with Gasteiger partial charge < -0.3 is 0 Å². The van der Waals surface area contributed by atoms with Crippen LogP contribution in [-0.4, -0.2) is 5.33 Å². The average Bonchev–Trinajstić information content (AvgIpc) is 2.67. The first-order chi connectivity index (χ1) is 4.83. The molecule has 1 fully saturated rings. The van der Waals surface area contributed by atoms with Crippen LogP contribution in [0.25, 0.3) is 0 Å². The van der Waals surface area contributed by atoms with Gasteiger partial charge in [0.15, 0.2) is 0 Å². The zero-order chi connectivity index (χ0) is 7.40. The second-order valence-electron chi connectivity index (χ2n) is 3.18. The van der Waals surface area contributed by atoms with Crippen LogP contribution >= 0.6 is 15.9 Å². The fourth-order valence-electron chi connectivity index (χ4n) is 1.16. The third-order valence-corrected chi connectivity index (χ3v) is 2.37. The minimum Gasteiger partial charge on any atom is -0.0925 e. The predicted molar refractivity (Wildman–Crippen MR) is 49.5 cm³/mol. The molecule has 0 atom stereocenters. The van der Waals surface area contributed by atoms with E-state index in [-0.39, 0.29) is 0 Å². The summed E-state index contributed by atoms with van der Waals surface area (Å²) < 4.78 is 0. The molecule has 58 valence electrons. The summed E-state index contributed by atoms with van der Waals surface area (Å²) in [6.45, 7) is 2.25. The lowest BCUT2D eigenvalue weighted by Gasteiger charge is -1.96. The average molecular weight is 203 g/mol. The van der Waals surface area contributed by atoms with Gasteiger partial charge in [0.1, 0.15) is 0 Å². The van der Waals surface area contributed by atoms with E-state index in [2.05, 4.69) is 28.9 Å². The maximum absolute atomic E-state index is 3.42. The standard InChI is InChI=1S/C9H15Br/c1-8(3-2-6-10)7-9-4-5-9/h3,9H,2,4-7H2,1H3. The van der Waals surface area contributed by atoms with Crippen LogP contribution in [0, 0.1) is 5.92 Å². The maximum atomic E-state index is 3.42. The van der Waals surface area contributed by atoms with Crippen molar-refractivity contribution in [3.05, 3.63) is 11.6 Å². The molecular weight excluding hydrogens is 188 g/mol. The molecule has 0 spiro atoms. The lowest BCUT2D eigenvalue weighted by Crippen LogP contribution is -1.79. The highest BCUT2D eigenvalue weighted by Crippen LogP contribution is 2.34. The van der Waals surface area contributed by atoms with Crippen molar-refractivity contribution in [1.29, 1.82) is 0 Å². The molecule has 1 heteroatoms. The Hall–Kier alpha value is 0.220. The van der Waals surface area contributed by atoms with E-state index in [4.69, 9.17) is 0 Å². The van der Waals surface area contributed by atoms with Gasteiger partial charge in [-0.25, -0.2) is 0 Å². The summed E-state index contributed by atoms with van der Waals surface area (Å²) in [5.41, 5.74) is 1.59. The molecule has 0 aromatic heterocycles. The van der Waals surface area contributed by atoms with Gasteiger partial charge in [0, 0.05) is 5.33 Å². The Labute approximate surface area is 71.8 Å². The lowest BCUT2D eigenvalue weighted by atomic mass is 10.1. The van der Waals surface area contributed by atoms with E-state index in [0.29, 0.717) is 0 Å². The highest BCUT2D eigenvalue weighted by atomic mass is 79.9. The van der Waals surface area contributed by atoms with Crippen molar-refractivity contribution in [2.24, 2.45) is 5.92 Å². The molecule has 1 aliphatic rings. The van der Waals surface area contributed by atoms with Crippen LogP contribution in [0.5, 0.6) is 0 Å². The smallest absolute Gasteiger partial charge is 0.00660 e. The van der Waals surface area contributed by atoms with Gasteiger partial charge in [-0.15, -0.1) is 0 Å². The van der Waals surface area contributed by atoms with Crippen LogP contribution < -0.4 is 0 Å². The minimum absolute atomic E-state index is 1.05. The molecule has 0 amide bonds. The molecule has 0 bridgehead atoms. The van der Waals surface area contributed by atoms with Gasteiger partial charge in [-0.2, -0.15) is 0 Å². The van der Waals surface area contributed by atoms with E-state index in [0.717, 1.165) is 11.2 Å². The molecule has 0 heterocycles. The van der Waals surface area contributed by atoms with E-state index >= 15 is 0 Å². The molecule has 1 rings (SSSR count). The highest BCUT2D eigenvalue weighted by molar-refractivity contribution is 9.09. The van der Waals surface area contributed by atoms with Crippen molar-refractivity contribution < 1.29 is 0 Å². The van der Waals surface area contributed by atoms with Crippen LogP contribution in [0.3, 0.4) is 0 Å². The van der Waals surface area contributed by atoms with Gasteiger partial charge in [-0.3, -0.25) is 0 Å². The topological polar surface area (TPSA) is 0 Å². The molecule has 10 heavy (non-hydrogen) atoms. The van der Waals surface area contributed by atoms with Gasteiger partial charge in [-0.05, 0) is 38.5 Å². The Morgan fingerprint density at radius 3 is 2.80 bits per heavy atom. The molecule has 1 aliphatic carbocycles. The highest BCUT2D eigenvalue weighted by Gasteiger charge is 2.20. The summed E-state index contributed by atoms with van der Waals surface area (Å²) in [5, 5.41) is 1.11. The first-order valence-corrected chi connectivity index (χ1v) is 5.16. The summed E-state index contributed by atoms with van der Waals surface area (Å²) in [6, 6.07) is 0. The van der Waals surface area contributed by atoms with E-state index < -0.39 is 0 Å². The van der Waals surface area contributed by atoms with Crippen molar-refractivity contribution in [1.82, 2.24) is 0 Å². The van der Waals surface area contributed by atoms with Crippen LogP contribution in [0.15, 0.2) is 11.6 Å². The number of hydrogen-bond donors (Lipinski definition) is 0. The number of halogens is 1. The zero-order valence-corrected chi connectivity index (χ0v) is 8.15. The number of alkyl halides is 1. The quantitative estimate of drug-likeness (QED) is 0.484. The molecule has 0 aromatic carbocycles. The van der Waals surface area contributed by atoms with Gasteiger partial charge >= 0.3 is 0 Å². The molecule has 0 aromatic rings. The molecule has 0 aliphatic heterocycles. The minimum atomic E-state index is 1.05. The second kappa shape index (κ2) is 4.17. The van der Waals surface area contributed by atoms with Crippen molar-refractivity contribution >= 4 is 15.9 Å². The van der Waals surface area contributed by atoms with Crippen molar-refractivity contribution in [2.75, 3.05) is 5.33 Å². The fraction of sp³-hybridized carbons (Fsp3) is 0.778. The third kappa shape index (κ3) is 3.40. The van der Waals surface area contributed by atoms with Crippen LogP contribution in [0.1, 0.15) is 32.6 Å². The van der Waals surface area contributed by atoms with Crippen LogP contribution in [0.4, 0.5) is 0 Å². The third-order valence-electron chi connectivity index (χ3n) is 1.91. The van der Waals surface area contributed by atoms with Crippen LogP contribution in [0.2, 0.25) is 0 Å². The van der Waals surface area contributed by atoms with Crippen molar-refractivity contribution in [3.63, 3.8) is 0 Å². The Balaban J connectivity index is 2.11. The molecule has 1 saturated carbocycles. The van der Waals surface area contributed by atoms with Gasteiger partial charge in [0.05, 0.1) is 0 Å². The first kappa shape index (κ1) is 8.32. The lowest BCUT2D eigenvalue weighted by molar-refractivity contribution is 0.815. The van der Waals surface area contributed by atoms with Gasteiger partial charge in [-0.1, -0.05) is 27.6 Å². The zero-order valence-electron chi connectivity index (χ0n) is 6.57. The SMILES string of the molecule is CC(=CCCBr)CC1CC1. The molecular formula is C9H15Br. The Morgan fingerprint density at radius 2 is 2.30 bits per heavy atom. The summed E-state index contributed by atoms with van der Waals surface area (Å²) in [7, 11) is 0. The van der Waals surface area contributed by atoms with Crippen LogP contribution in [-0.2, 0) is 0 Å². The van der Waals surface area contributed by atoms with Gasteiger partial charge in [0.2, 0.25) is 0 Å². The Bertz CT molecular complexity index is 123. The van der Waals surface area contributed by atoms with E-state index in [9.17, 15) is 0 Å². The summed E-state index contributed by atoms with van der Waals surface area (Å²) in [4.78, 5) is 0. The molecule has 0 saturated heterocycles. The molecule has 0 unspecified atom stereocenters. The molecule has 0 nitrogen and oxygen atoms in total. The second-order valence-corrected chi connectivity index (χ2v) is 3.97. The number of hydrogen-bond acceptors (Lipinski definition) is 0. The largest absolute Gasteiger partial charge is 0.0925 e. The summed E-state index contributed by atoms with van der Waals surface area (Å²) >= 11 is 3.42. The normalized spacial score (nSPS) is 19.6. The Kier molecular flexibility index (Phi) is 3.47. The Morgan fingerprint density at radius 1 is 1.60 bits per heavy atom. The number of allylic oxidation sites excluding steroid dienone is 2. The van der Waals surface area contributed by atoms with Gasteiger partial charge in [0.25, 0.3) is 0 Å². The molecule has 0 radical (unpaired) electrons. The monoisotopic (exact) mass is 202 g/mol. The predicted octanol–water partition coefficient (Wildman–Crippen LogP) is 3.52. The summed E-state index contributed by atoms with van der Waals surface area (Å²) in [6.07, 6.45) is 7.84. The first-order valence-electron chi connectivity index (χ1n) is 4.04. The summed E-state index contributed by atoms with van der Waals surface area (Å²) in [5.74, 6) is 1.05. The van der Waals surface area contributed by atoms with E-state index in [1.165, 1.54) is 25.7 Å². The van der Waals surface area contributed by atoms with Crippen molar-refractivity contribution in [2.45, 2.75) is 32.6 Å².